The third-order valence-electron chi connectivity index (χ3n) is 4.86. The van der Waals surface area contributed by atoms with E-state index in [4.69, 9.17) is 0 Å². The van der Waals surface area contributed by atoms with Crippen LogP contribution in [0.4, 0.5) is 4.79 Å². The van der Waals surface area contributed by atoms with Crippen LogP contribution < -0.4 is 0 Å². The van der Waals surface area contributed by atoms with Gasteiger partial charge in [0.25, 0.3) is 0 Å². The maximum Gasteiger partial charge on any atom is 0.407 e. The lowest BCUT2D eigenvalue weighted by atomic mass is 10.0. The summed E-state index contributed by atoms with van der Waals surface area (Å²) >= 11 is 2.23. The van der Waals surface area contributed by atoms with E-state index in [0.29, 0.717) is 18.1 Å². The maximum atomic E-state index is 11.5. The van der Waals surface area contributed by atoms with Crippen LogP contribution in [0.5, 0.6) is 0 Å². The van der Waals surface area contributed by atoms with Crippen molar-refractivity contribution in [2.24, 2.45) is 5.41 Å². The molecule has 1 aliphatic heterocycles. The van der Waals surface area contributed by atoms with E-state index >= 15 is 0 Å². The second kappa shape index (κ2) is 5.12. The van der Waals surface area contributed by atoms with Gasteiger partial charge in [0.1, 0.15) is 0 Å². The second-order valence-corrected chi connectivity index (χ2v) is 7.71. The lowest BCUT2D eigenvalue weighted by Gasteiger charge is -2.19. The van der Waals surface area contributed by atoms with Crippen molar-refractivity contribution in [2.45, 2.75) is 25.3 Å². The van der Waals surface area contributed by atoms with Crippen molar-refractivity contribution < 1.29 is 15.1 Å². The first kappa shape index (κ1) is 14.8. The van der Waals surface area contributed by atoms with E-state index in [9.17, 15) is 15.1 Å². The second-order valence-electron chi connectivity index (χ2n) is 6.47. The van der Waals surface area contributed by atoms with E-state index in [0.717, 1.165) is 33.1 Å². The van der Waals surface area contributed by atoms with Gasteiger partial charge in [0.05, 0.1) is 17.9 Å². The van der Waals surface area contributed by atoms with Crippen molar-refractivity contribution in [2.75, 3.05) is 6.54 Å². The van der Waals surface area contributed by atoms with Crippen LogP contribution in [-0.2, 0) is 0 Å². The Labute approximate surface area is 146 Å². The Hall–Kier alpha value is -1.77. The average molecular weight is 425 g/mol. The van der Waals surface area contributed by atoms with Gasteiger partial charge < -0.3 is 10.3 Å². The van der Waals surface area contributed by atoms with Crippen molar-refractivity contribution in [1.82, 2.24) is 14.6 Å². The number of amides is 1. The van der Waals surface area contributed by atoms with Gasteiger partial charge in [-0.3, -0.25) is 4.90 Å². The minimum Gasteiger partial charge on any atom is -0.465 e. The standard InChI is InChI=1S/C16H16IN3O3/c17-11-3-1-10(2-4-11)12-8-20(23)14(18-12)13-7-16(5-6-16)9-19(13)15(21)22/h1-4,8,13,23H,5-7,9H2,(H,21,22). The van der Waals surface area contributed by atoms with Gasteiger partial charge in [-0.15, -0.1) is 0 Å². The molecule has 1 aromatic heterocycles. The van der Waals surface area contributed by atoms with Gasteiger partial charge in [0, 0.05) is 15.7 Å². The third kappa shape index (κ3) is 2.56. The fraction of sp³-hybridized carbons (Fsp3) is 0.375. The van der Waals surface area contributed by atoms with Gasteiger partial charge in [-0.2, -0.15) is 4.73 Å². The molecule has 120 valence electrons. The Morgan fingerprint density at radius 2 is 2.00 bits per heavy atom. The molecular formula is C16H16IN3O3. The Balaban J connectivity index is 1.69. The highest BCUT2D eigenvalue weighted by molar-refractivity contribution is 14.1. The Kier molecular flexibility index (Phi) is 3.29. The van der Waals surface area contributed by atoms with Gasteiger partial charge in [-0.05, 0) is 59.4 Å². The fourth-order valence-corrected chi connectivity index (χ4v) is 3.76. The van der Waals surface area contributed by atoms with Gasteiger partial charge in [0.15, 0.2) is 5.82 Å². The molecule has 0 bridgehead atoms. The van der Waals surface area contributed by atoms with Crippen molar-refractivity contribution in [3.8, 4) is 11.3 Å². The van der Waals surface area contributed by atoms with E-state index in [1.165, 1.54) is 4.90 Å². The van der Waals surface area contributed by atoms with Crippen LogP contribution in [0, 0.1) is 8.99 Å². The molecule has 1 saturated heterocycles. The Morgan fingerprint density at radius 3 is 2.61 bits per heavy atom. The first-order valence-corrected chi connectivity index (χ1v) is 8.59. The number of hydrogen-bond donors (Lipinski definition) is 2. The van der Waals surface area contributed by atoms with Crippen molar-refractivity contribution >= 4 is 28.7 Å². The molecule has 6 nitrogen and oxygen atoms in total. The average Bonchev–Trinajstić information content (AvgIpc) is 2.98. The molecule has 0 radical (unpaired) electrons. The van der Waals surface area contributed by atoms with Crippen LogP contribution in [0.1, 0.15) is 31.1 Å². The summed E-state index contributed by atoms with van der Waals surface area (Å²) in [4.78, 5) is 17.5. The van der Waals surface area contributed by atoms with Crippen molar-refractivity contribution in [1.29, 1.82) is 0 Å². The van der Waals surface area contributed by atoms with Gasteiger partial charge in [-0.25, -0.2) is 9.78 Å². The van der Waals surface area contributed by atoms with E-state index in [1.807, 2.05) is 24.3 Å². The molecule has 1 atom stereocenters. The number of carbonyl (C=O) groups is 1. The number of nitrogens with zero attached hydrogens (tertiary/aromatic N) is 3. The molecule has 4 rings (SSSR count). The Morgan fingerprint density at radius 1 is 1.30 bits per heavy atom. The molecule has 1 aliphatic carbocycles. The summed E-state index contributed by atoms with van der Waals surface area (Å²) in [6, 6.07) is 7.46. The number of halogens is 1. The van der Waals surface area contributed by atoms with Crippen LogP contribution in [0.25, 0.3) is 11.3 Å². The summed E-state index contributed by atoms with van der Waals surface area (Å²) in [6.07, 6.45) is 3.46. The molecule has 2 heterocycles. The molecule has 1 amide bonds. The molecule has 2 aliphatic rings. The van der Waals surface area contributed by atoms with E-state index in [1.54, 1.807) is 6.20 Å². The number of imidazole rings is 1. The largest absolute Gasteiger partial charge is 0.465 e. The first-order chi connectivity index (χ1) is 11.0. The van der Waals surface area contributed by atoms with Crippen LogP contribution >= 0.6 is 22.6 Å². The highest BCUT2D eigenvalue weighted by Crippen LogP contribution is 2.58. The molecule has 2 aromatic rings. The van der Waals surface area contributed by atoms with Crippen molar-refractivity contribution in [3.05, 3.63) is 39.9 Å². The summed E-state index contributed by atoms with van der Waals surface area (Å²) < 4.78 is 2.11. The highest BCUT2D eigenvalue weighted by atomic mass is 127. The van der Waals surface area contributed by atoms with E-state index in [-0.39, 0.29) is 11.5 Å². The van der Waals surface area contributed by atoms with Crippen LogP contribution in [0.2, 0.25) is 0 Å². The molecule has 1 unspecified atom stereocenters. The minimum absolute atomic E-state index is 0.109. The van der Waals surface area contributed by atoms with Crippen LogP contribution in [0.15, 0.2) is 30.5 Å². The molecule has 2 fully saturated rings. The number of likely N-dealkylation sites (tertiary alicyclic amines) is 1. The van der Waals surface area contributed by atoms with Crippen LogP contribution in [-0.4, -0.2) is 37.6 Å². The fourth-order valence-electron chi connectivity index (χ4n) is 3.40. The lowest BCUT2D eigenvalue weighted by Crippen LogP contribution is -2.31. The minimum atomic E-state index is -0.947. The number of benzene rings is 1. The monoisotopic (exact) mass is 425 g/mol. The quantitative estimate of drug-likeness (QED) is 0.570. The zero-order chi connectivity index (χ0) is 16.2. The topological polar surface area (TPSA) is 78.6 Å². The summed E-state index contributed by atoms with van der Waals surface area (Å²) in [6.45, 7) is 0.540. The lowest BCUT2D eigenvalue weighted by molar-refractivity contribution is 0.122. The normalized spacial score (nSPS) is 21.8. The van der Waals surface area contributed by atoms with Crippen molar-refractivity contribution in [3.63, 3.8) is 0 Å². The Bertz CT molecular complexity index is 767. The van der Waals surface area contributed by atoms with Gasteiger partial charge in [-0.1, -0.05) is 12.1 Å². The first-order valence-electron chi connectivity index (χ1n) is 7.51. The highest BCUT2D eigenvalue weighted by Gasteiger charge is 2.55. The summed E-state index contributed by atoms with van der Waals surface area (Å²) in [5, 5.41) is 19.7. The zero-order valence-electron chi connectivity index (χ0n) is 12.3. The smallest absolute Gasteiger partial charge is 0.407 e. The number of carboxylic acid groups (broad SMARTS) is 1. The van der Waals surface area contributed by atoms with Crippen LogP contribution in [0.3, 0.4) is 0 Å². The summed E-state index contributed by atoms with van der Waals surface area (Å²) in [7, 11) is 0. The predicted molar refractivity (Wildman–Crippen MR) is 91.3 cm³/mol. The molecule has 1 saturated carbocycles. The molecule has 1 spiro atoms. The molecule has 23 heavy (non-hydrogen) atoms. The predicted octanol–water partition coefficient (Wildman–Crippen LogP) is 3.60. The number of aromatic nitrogens is 2. The molecule has 7 heteroatoms. The molecular weight excluding hydrogens is 409 g/mol. The number of hydrogen-bond acceptors (Lipinski definition) is 3. The third-order valence-corrected chi connectivity index (χ3v) is 5.58. The van der Waals surface area contributed by atoms with Gasteiger partial charge in [0.2, 0.25) is 0 Å². The number of rotatable bonds is 2. The summed E-state index contributed by atoms with van der Waals surface area (Å²) in [5.74, 6) is 0.407. The molecule has 2 N–H and O–H groups in total. The SMILES string of the molecule is O=C(O)N1CC2(CC2)CC1c1nc(-c2ccc(I)cc2)cn1O. The maximum absolute atomic E-state index is 11.5. The van der Waals surface area contributed by atoms with E-state index in [2.05, 4.69) is 27.6 Å². The van der Waals surface area contributed by atoms with Gasteiger partial charge >= 0.3 is 6.09 Å². The summed E-state index contributed by atoms with van der Waals surface area (Å²) in [5.41, 5.74) is 1.67. The zero-order valence-corrected chi connectivity index (χ0v) is 14.5. The molecule has 1 aromatic carbocycles. The van der Waals surface area contributed by atoms with E-state index < -0.39 is 6.09 Å².